The van der Waals surface area contributed by atoms with Crippen molar-refractivity contribution in [1.82, 2.24) is 0 Å². The predicted octanol–water partition coefficient (Wildman–Crippen LogP) is 14.9. The lowest BCUT2D eigenvalue weighted by Gasteiger charge is -2.04. The van der Waals surface area contributed by atoms with Gasteiger partial charge in [0.25, 0.3) is 0 Å². The summed E-state index contributed by atoms with van der Waals surface area (Å²) in [6.07, 6.45) is 51.2. The molecule has 0 aliphatic rings. The molecule has 0 heterocycles. The molecule has 0 amide bonds. The molecule has 0 spiro atoms. The van der Waals surface area contributed by atoms with Gasteiger partial charge in [-0.2, -0.15) is 0 Å². The summed E-state index contributed by atoms with van der Waals surface area (Å²) in [7, 11) is 0. The molecule has 0 rings (SSSR count). The topological polar surface area (TPSA) is 57.5 Å². The average molecular weight is 639 g/mol. The van der Waals surface area contributed by atoms with E-state index in [9.17, 15) is 4.79 Å². The summed E-state index contributed by atoms with van der Waals surface area (Å²) in [5, 5.41) is 17.2. The zero-order valence-electron chi connectivity index (χ0n) is 31.4. The molecule has 3 heteroatoms. The Morgan fingerprint density at radius 2 is 0.489 bits per heavy atom. The second kappa shape index (κ2) is 45.6. The van der Waals surface area contributed by atoms with Crippen molar-refractivity contribution in [2.24, 2.45) is 0 Å². The molecule has 45 heavy (non-hydrogen) atoms. The van der Waals surface area contributed by atoms with Gasteiger partial charge in [0.1, 0.15) is 0 Å². The van der Waals surface area contributed by atoms with Crippen LogP contribution in [-0.2, 0) is 4.79 Å². The highest BCUT2D eigenvalue weighted by atomic mass is 16.4. The van der Waals surface area contributed by atoms with E-state index in [2.05, 4.69) is 13.8 Å². The predicted molar refractivity (Wildman–Crippen MR) is 202 cm³/mol. The number of rotatable bonds is 38. The second-order valence-electron chi connectivity index (χ2n) is 14.2. The molecule has 0 saturated heterocycles. The molecule has 0 unspecified atom stereocenters. The highest BCUT2D eigenvalue weighted by molar-refractivity contribution is 5.66. The number of carbonyl (C=O) groups is 1. The molecule has 0 radical (unpaired) electrons. The fraction of sp³-hybridized carbons (Fsp3) is 0.976. The number of hydrogen-bond donors (Lipinski definition) is 2. The first-order valence-electron chi connectivity index (χ1n) is 21.0. The van der Waals surface area contributed by atoms with Crippen LogP contribution in [0.3, 0.4) is 0 Å². The lowest BCUT2D eigenvalue weighted by atomic mass is 10.0. The first-order chi connectivity index (χ1) is 22.2. The minimum absolute atomic E-state index is 0.346. The number of unbranched alkanes of at least 4 members (excludes halogenated alkanes) is 35. The van der Waals surface area contributed by atoms with E-state index in [1.807, 2.05) is 0 Å². The van der Waals surface area contributed by atoms with E-state index >= 15 is 0 Å². The number of hydrogen-bond acceptors (Lipinski definition) is 2. The summed E-state index contributed by atoms with van der Waals surface area (Å²) in [6, 6.07) is 0. The highest BCUT2D eigenvalue weighted by Crippen LogP contribution is 2.16. The SMILES string of the molecule is CCCCCCCCCCCCCCCCCCCCCCCCC(=O)O.CCCCCCCCCCCCCCCCCO. The third-order valence-electron chi connectivity index (χ3n) is 9.51. The zero-order chi connectivity index (χ0) is 33.2. The minimum atomic E-state index is -0.650. The summed E-state index contributed by atoms with van der Waals surface area (Å²) in [4.78, 5) is 10.4. The summed E-state index contributed by atoms with van der Waals surface area (Å²) < 4.78 is 0. The molecule has 0 atom stereocenters. The Morgan fingerprint density at radius 1 is 0.311 bits per heavy atom. The third kappa shape index (κ3) is 50.5. The quantitative estimate of drug-likeness (QED) is 0.0661. The Hall–Kier alpha value is -0.570. The van der Waals surface area contributed by atoms with Crippen LogP contribution in [0.15, 0.2) is 0 Å². The Morgan fingerprint density at radius 3 is 0.667 bits per heavy atom. The fourth-order valence-corrected chi connectivity index (χ4v) is 6.37. The zero-order valence-corrected chi connectivity index (χ0v) is 31.4. The maximum absolute atomic E-state index is 10.4. The van der Waals surface area contributed by atoms with Crippen LogP contribution in [-0.4, -0.2) is 22.8 Å². The first-order valence-corrected chi connectivity index (χ1v) is 21.0. The summed E-state index contributed by atoms with van der Waals surface area (Å²) in [5.41, 5.74) is 0. The molecule has 0 aliphatic carbocycles. The second-order valence-corrected chi connectivity index (χ2v) is 14.2. The molecule has 0 fully saturated rings. The van der Waals surface area contributed by atoms with Crippen molar-refractivity contribution in [2.75, 3.05) is 6.61 Å². The maximum atomic E-state index is 10.4. The van der Waals surface area contributed by atoms with E-state index in [1.54, 1.807) is 0 Å². The van der Waals surface area contributed by atoms with Gasteiger partial charge in [0, 0.05) is 13.0 Å². The highest BCUT2D eigenvalue weighted by Gasteiger charge is 1.98. The van der Waals surface area contributed by atoms with Gasteiger partial charge < -0.3 is 10.2 Å². The number of aliphatic hydroxyl groups excluding tert-OH is 1. The van der Waals surface area contributed by atoms with Crippen LogP contribution in [0.2, 0.25) is 0 Å². The van der Waals surface area contributed by atoms with Gasteiger partial charge in [-0.15, -0.1) is 0 Å². The number of aliphatic carboxylic acids is 1. The summed E-state index contributed by atoms with van der Waals surface area (Å²) in [6.45, 7) is 4.94. The average Bonchev–Trinajstić information content (AvgIpc) is 3.04. The van der Waals surface area contributed by atoms with Gasteiger partial charge in [0.15, 0.2) is 0 Å². The standard InChI is InChI=1S/C25H50O2.C17H36O/c1-2-3-4-5-6-7-8-9-10-11-12-13-14-15-16-17-18-19-20-21-22-23-24-25(26)27;1-2-3-4-5-6-7-8-9-10-11-12-13-14-15-16-17-18/h2-24H2,1H3,(H,26,27);18H,2-17H2,1H3. The number of carboxylic acids is 1. The molecule has 0 aliphatic heterocycles. The van der Waals surface area contributed by atoms with Crippen molar-refractivity contribution in [2.45, 2.75) is 258 Å². The van der Waals surface area contributed by atoms with E-state index in [-0.39, 0.29) is 0 Å². The molecule has 0 aromatic rings. The van der Waals surface area contributed by atoms with Crippen LogP contribution < -0.4 is 0 Å². The van der Waals surface area contributed by atoms with Gasteiger partial charge in [0.2, 0.25) is 0 Å². The molecule has 0 saturated carbocycles. The van der Waals surface area contributed by atoms with Gasteiger partial charge in [-0.05, 0) is 12.8 Å². The Kier molecular flexibility index (Phi) is 47.1. The van der Waals surface area contributed by atoms with Gasteiger partial charge >= 0.3 is 5.97 Å². The Bertz CT molecular complexity index is 490. The van der Waals surface area contributed by atoms with E-state index in [1.165, 1.54) is 218 Å². The van der Waals surface area contributed by atoms with Crippen LogP contribution in [0.4, 0.5) is 0 Å². The van der Waals surface area contributed by atoms with Crippen molar-refractivity contribution >= 4 is 5.97 Å². The van der Waals surface area contributed by atoms with Crippen molar-refractivity contribution < 1.29 is 15.0 Å². The van der Waals surface area contributed by atoms with Gasteiger partial charge in [0.05, 0.1) is 0 Å². The number of aliphatic hydroxyl groups is 1. The maximum Gasteiger partial charge on any atom is 0.303 e. The first kappa shape index (κ1) is 46.5. The Balaban J connectivity index is 0. The largest absolute Gasteiger partial charge is 0.481 e. The smallest absolute Gasteiger partial charge is 0.303 e. The van der Waals surface area contributed by atoms with Gasteiger partial charge in [-0.3, -0.25) is 4.79 Å². The molecule has 0 aromatic heterocycles. The van der Waals surface area contributed by atoms with E-state index in [4.69, 9.17) is 10.2 Å². The van der Waals surface area contributed by atoms with Crippen LogP contribution in [0.25, 0.3) is 0 Å². The van der Waals surface area contributed by atoms with Crippen LogP contribution in [0.5, 0.6) is 0 Å². The Labute approximate surface area is 284 Å². The molecule has 3 nitrogen and oxygen atoms in total. The minimum Gasteiger partial charge on any atom is -0.481 e. The molecule has 0 aromatic carbocycles. The monoisotopic (exact) mass is 639 g/mol. The van der Waals surface area contributed by atoms with E-state index in [0.29, 0.717) is 13.0 Å². The van der Waals surface area contributed by atoms with Crippen molar-refractivity contribution in [3.05, 3.63) is 0 Å². The van der Waals surface area contributed by atoms with Gasteiger partial charge in [-0.1, -0.05) is 239 Å². The fourth-order valence-electron chi connectivity index (χ4n) is 6.37. The van der Waals surface area contributed by atoms with E-state index < -0.39 is 5.97 Å². The van der Waals surface area contributed by atoms with Crippen molar-refractivity contribution in [3.63, 3.8) is 0 Å². The van der Waals surface area contributed by atoms with Crippen molar-refractivity contribution in [3.8, 4) is 0 Å². The summed E-state index contributed by atoms with van der Waals surface area (Å²) in [5.74, 6) is -0.650. The molecular formula is C42H86O3. The number of carboxylic acid groups (broad SMARTS) is 1. The van der Waals surface area contributed by atoms with Crippen LogP contribution >= 0.6 is 0 Å². The van der Waals surface area contributed by atoms with E-state index in [0.717, 1.165) is 19.3 Å². The lowest BCUT2D eigenvalue weighted by molar-refractivity contribution is -0.137. The molecule has 0 bridgehead atoms. The molecular weight excluding hydrogens is 552 g/mol. The third-order valence-corrected chi connectivity index (χ3v) is 9.51. The normalized spacial score (nSPS) is 11.1. The molecule has 272 valence electrons. The molecule has 2 N–H and O–H groups in total. The summed E-state index contributed by atoms with van der Waals surface area (Å²) >= 11 is 0. The lowest BCUT2D eigenvalue weighted by Crippen LogP contribution is -1.93. The van der Waals surface area contributed by atoms with Crippen LogP contribution in [0, 0.1) is 0 Å². The van der Waals surface area contributed by atoms with Crippen molar-refractivity contribution in [1.29, 1.82) is 0 Å². The van der Waals surface area contributed by atoms with Gasteiger partial charge in [-0.25, -0.2) is 0 Å². The van der Waals surface area contributed by atoms with Crippen LogP contribution in [0.1, 0.15) is 258 Å².